The summed E-state index contributed by atoms with van der Waals surface area (Å²) in [6, 6.07) is 13.1. The van der Waals surface area contributed by atoms with Gasteiger partial charge < -0.3 is 9.67 Å². The molecule has 0 unspecified atom stereocenters. The van der Waals surface area contributed by atoms with Crippen molar-refractivity contribution < 1.29 is 19.5 Å². The number of carboxylic acid groups (broad SMARTS) is 1. The minimum Gasteiger partial charge on any atom is -0.478 e. The van der Waals surface area contributed by atoms with Crippen molar-refractivity contribution in [1.82, 2.24) is 9.88 Å². The standard InChI is InChI=1S/C24H17Cl2N3O4S/c1-12-9-15(13(2)28(12)16-6-3-5-14(10-16)23(32)33)11-17-21(30)27-24(34)29(22(17)31)19-8-4-7-18(25)20(19)26/h3-11H,1-2H3,(H,32,33)(H,27,30,34)/b17-11+. The fourth-order valence-electron chi connectivity index (χ4n) is 3.81. The molecule has 1 aliphatic heterocycles. The van der Waals surface area contributed by atoms with Gasteiger partial charge in [-0.25, -0.2) is 4.79 Å². The molecule has 172 valence electrons. The Balaban J connectivity index is 1.79. The summed E-state index contributed by atoms with van der Waals surface area (Å²) in [5.41, 5.74) is 3.04. The lowest BCUT2D eigenvalue weighted by atomic mass is 10.1. The van der Waals surface area contributed by atoms with E-state index < -0.39 is 17.8 Å². The molecule has 0 radical (unpaired) electrons. The Morgan fingerprint density at radius 2 is 1.79 bits per heavy atom. The van der Waals surface area contributed by atoms with Gasteiger partial charge in [-0.3, -0.25) is 19.8 Å². The Hall–Kier alpha value is -3.46. The average molecular weight is 514 g/mol. The maximum atomic E-state index is 13.3. The first kappa shape index (κ1) is 23.7. The maximum Gasteiger partial charge on any atom is 0.335 e. The quantitative estimate of drug-likeness (QED) is 0.293. The smallest absolute Gasteiger partial charge is 0.335 e. The predicted octanol–water partition coefficient (Wildman–Crippen LogP) is 4.93. The summed E-state index contributed by atoms with van der Waals surface area (Å²) in [6.45, 7) is 3.66. The van der Waals surface area contributed by atoms with Crippen molar-refractivity contribution in [1.29, 1.82) is 0 Å². The molecular formula is C24H17Cl2N3O4S. The van der Waals surface area contributed by atoms with E-state index in [2.05, 4.69) is 5.32 Å². The van der Waals surface area contributed by atoms with Gasteiger partial charge in [-0.15, -0.1) is 0 Å². The average Bonchev–Trinajstić information content (AvgIpc) is 3.06. The van der Waals surface area contributed by atoms with Crippen LogP contribution in [-0.2, 0) is 9.59 Å². The number of halogens is 2. The number of aryl methyl sites for hydroxylation is 1. The number of aromatic nitrogens is 1. The molecule has 0 spiro atoms. The van der Waals surface area contributed by atoms with Crippen molar-refractivity contribution >= 4 is 70.1 Å². The van der Waals surface area contributed by atoms with Gasteiger partial charge in [0.05, 0.1) is 21.3 Å². The molecule has 0 atom stereocenters. The predicted molar refractivity (Wildman–Crippen MR) is 135 cm³/mol. The summed E-state index contributed by atoms with van der Waals surface area (Å²) in [4.78, 5) is 38.5. The fourth-order valence-corrected chi connectivity index (χ4v) is 4.46. The Labute approximate surface area is 210 Å². The monoisotopic (exact) mass is 513 g/mol. The van der Waals surface area contributed by atoms with Crippen LogP contribution in [0.1, 0.15) is 27.3 Å². The molecule has 1 aliphatic rings. The van der Waals surface area contributed by atoms with E-state index in [0.29, 0.717) is 16.9 Å². The normalized spacial score (nSPS) is 15.1. The number of anilines is 1. The van der Waals surface area contributed by atoms with Crippen LogP contribution in [0.3, 0.4) is 0 Å². The first-order valence-corrected chi connectivity index (χ1v) is 11.1. The molecule has 2 amide bonds. The van der Waals surface area contributed by atoms with E-state index >= 15 is 0 Å². The van der Waals surface area contributed by atoms with Gasteiger partial charge in [-0.1, -0.05) is 35.3 Å². The second kappa shape index (κ2) is 9.06. The lowest BCUT2D eigenvalue weighted by Gasteiger charge is -2.29. The van der Waals surface area contributed by atoms with Crippen LogP contribution in [0.4, 0.5) is 5.69 Å². The molecule has 7 nitrogen and oxygen atoms in total. The van der Waals surface area contributed by atoms with Gasteiger partial charge in [0.2, 0.25) is 0 Å². The molecule has 2 N–H and O–H groups in total. The van der Waals surface area contributed by atoms with Crippen molar-refractivity contribution in [2.24, 2.45) is 0 Å². The number of benzene rings is 2. The Bertz CT molecular complexity index is 1430. The number of nitrogens with one attached hydrogen (secondary N) is 1. The SMILES string of the molecule is Cc1cc(/C=C2\C(=O)NC(=S)N(c3cccc(Cl)c3Cl)C2=O)c(C)n1-c1cccc(C(=O)O)c1. The molecule has 2 heterocycles. The van der Waals surface area contributed by atoms with Gasteiger partial charge in [0.25, 0.3) is 11.8 Å². The molecule has 34 heavy (non-hydrogen) atoms. The van der Waals surface area contributed by atoms with Crippen LogP contribution in [-0.4, -0.2) is 32.6 Å². The number of carboxylic acids is 1. The van der Waals surface area contributed by atoms with Gasteiger partial charge >= 0.3 is 5.97 Å². The molecule has 0 bridgehead atoms. The van der Waals surface area contributed by atoms with E-state index in [-0.39, 0.29) is 32.0 Å². The van der Waals surface area contributed by atoms with Crippen LogP contribution >= 0.6 is 35.4 Å². The third-order valence-corrected chi connectivity index (χ3v) is 6.49. The van der Waals surface area contributed by atoms with Crippen molar-refractivity contribution in [2.75, 3.05) is 4.90 Å². The zero-order chi connectivity index (χ0) is 24.7. The highest BCUT2D eigenvalue weighted by Gasteiger charge is 2.36. The van der Waals surface area contributed by atoms with Gasteiger partial charge in [-0.2, -0.15) is 0 Å². The molecule has 1 saturated heterocycles. The van der Waals surface area contributed by atoms with Crippen molar-refractivity contribution in [3.05, 3.63) is 86.7 Å². The Morgan fingerprint density at radius 1 is 1.09 bits per heavy atom. The Kier molecular flexibility index (Phi) is 6.31. The summed E-state index contributed by atoms with van der Waals surface area (Å²) < 4.78 is 1.85. The summed E-state index contributed by atoms with van der Waals surface area (Å²) in [7, 11) is 0. The third-order valence-electron chi connectivity index (χ3n) is 5.40. The van der Waals surface area contributed by atoms with Crippen molar-refractivity contribution in [3.63, 3.8) is 0 Å². The highest BCUT2D eigenvalue weighted by Crippen LogP contribution is 2.34. The van der Waals surface area contributed by atoms with E-state index in [4.69, 9.17) is 35.4 Å². The van der Waals surface area contributed by atoms with Crippen LogP contribution in [0.25, 0.3) is 11.8 Å². The lowest BCUT2D eigenvalue weighted by molar-refractivity contribution is -0.122. The van der Waals surface area contributed by atoms with E-state index in [9.17, 15) is 19.5 Å². The highest BCUT2D eigenvalue weighted by atomic mass is 35.5. The summed E-state index contributed by atoms with van der Waals surface area (Å²) in [6.07, 6.45) is 1.48. The number of carbonyl (C=O) groups excluding carboxylic acids is 2. The fraction of sp³-hybridized carbons (Fsp3) is 0.0833. The number of amides is 2. The minimum atomic E-state index is -1.04. The van der Waals surface area contributed by atoms with Crippen LogP contribution in [0.2, 0.25) is 10.0 Å². The zero-order valence-corrected chi connectivity index (χ0v) is 20.3. The molecule has 1 fully saturated rings. The molecule has 0 saturated carbocycles. The zero-order valence-electron chi connectivity index (χ0n) is 17.9. The van der Waals surface area contributed by atoms with Gasteiger partial charge in [0.1, 0.15) is 5.57 Å². The minimum absolute atomic E-state index is 0.104. The number of hydrogen-bond donors (Lipinski definition) is 2. The Morgan fingerprint density at radius 3 is 2.50 bits per heavy atom. The van der Waals surface area contributed by atoms with Crippen LogP contribution in [0, 0.1) is 13.8 Å². The number of aromatic carboxylic acids is 1. The summed E-state index contributed by atoms with van der Waals surface area (Å²) in [5.74, 6) is -2.32. The van der Waals surface area contributed by atoms with E-state index in [1.54, 1.807) is 42.5 Å². The first-order valence-electron chi connectivity index (χ1n) is 9.98. The summed E-state index contributed by atoms with van der Waals surface area (Å²) >= 11 is 17.6. The van der Waals surface area contributed by atoms with E-state index in [0.717, 1.165) is 10.6 Å². The number of thiocarbonyl (C=S) groups is 1. The van der Waals surface area contributed by atoms with Crippen molar-refractivity contribution in [3.8, 4) is 5.69 Å². The molecule has 4 rings (SSSR count). The van der Waals surface area contributed by atoms with Crippen LogP contribution in [0.5, 0.6) is 0 Å². The van der Waals surface area contributed by atoms with Gasteiger partial charge in [0.15, 0.2) is 5.11 Å². The lowest BCUT2D eigenvalue weighted by Crippen LogP contribution is -2.54. The molecule has 1 aromatic heterocycles. The van der Waals surface area contributed by atoms with Crippen molar-refractivity contribution in [2.45, 2.75) is 13.8 Å². The number of nitrogens with zero attached hydrogens (tertiary/aromatic N) is 2. The first-order chi connectivity index (χ1) is 16.1. The molecule has 3 aromatic rings. The number of rotatable bonds is 4. The topological polar surface area (TPSA) is 91.6 Å². The largest absolute Gasteiger partial charge is 0.478 e. The van der Waals surface area contributed by atoms with Gasteiger partial charge in [0, 0.05) is 17.1 Å². The number of hydrogen-bond acceptors (Lipinski definition) is 4. The maximum absolute atomic E-state index is 13.3. The van der Waals surface area contributed by atoms with E-state index in [1.807, 2.05) is 18.4 Å². The molecule has 2 aromatic carbocycles. The third kappa shape index (κ3) is 4.11. The molecule has 0 aliphatic carbocycles. The highest BCUT2D eigenvalue weighted by molar-refractivity contribution is 7.80. The summed E-state index contributed by atoms with van der Waals surface area (Å²) in [5, 5.41) is 12.1. The van der Waals surface area contributed by atoms with Gasteiger partial charge in [-0.05, 0) is 74.1 Å². The second-order valence-corrected chi connectivity index (χ2v) is 8.72. The second-order valence-electron chi connectivity index (χ2n) is 7.55. The van der Waals surface area contributed by atoms with E-state index in [1.165, 1.54) is 12.1 Å². The van der Waals surface area contributed by atoms with Crippen LogP contribution < -0.4 is 10.2 Å². The van der Waals surface area contributed by atoms with Crippen LogP contribution in [0.15, 0.2) is 54.1 Å². The number of carbonyl (C=O) groups is 3. The molecular weight excluding hydrogens is 497 g/mol. The molecule has 10 heteroatoms.